The largest absolute Gasteiger partial charge is 0.427 e. The van der Waals surface area contributed by atoms with Crippen molar-refractivity contribution in [2.75, 3.05) is 0 Å². The van der Waals surface area contributed by atoms with E-state index >= 15 is 0 Å². The third-order valence-electron chi connectivity index (χ3n) is 1.64. The summed E-state index contributed by atoms with van der Waals surface area (Å²) in [5.41, 5.74) is 0. The fraction of sp³-hybridized carbons (Fsp3) is 0.273. The maximum absolute atomic E-state index is 11.2. The summed E-state index contributed by atoms with van der Waals surface area (Å²) in [6.07, 6.45) is 1.24. The van der Waals surface area contributed by atoms with E-state index in [-0.39, 0.29) is 5.97 Å². The fourth-order valence-corrected chi connectivity index (χ4v) is 0.983. The highest BCUT2D eigenvalue weighted by Gasteiger charge is 2.03. The number of carbonyl (C=O) groups excluding carboxylic acids is 1. The van der Waals surface area contributed by atoms with Gasteiger partial charge in [-0.05, 0) is 18.6 Å². The first-order valence-electron chi connectivity index (χ1n) is 4.45. The molecule has 3 heteroatoms. The topological polar surface area (TPSA) is 50.1 Å². The van der Waals surface area contributed by atoms with E-state index in [0.717, 1.165) is 0 Å². The number of nitriles is 1. The van der Waals surface area contributed by atoms with Crippen LogP contribution in [-0.4, -0.2) is 5.97 Å². The maximum Gasteiger partial charge on any atom is 0.311 e. The molecule has 0 bridgehead atoms. The zero-order valence-electron chi connectivity index (χ0n) is 7.77. The molecule has 0 atom stereocenters. The molecule has 0 spiro atoms. The van der Waals surface area contributed by atoms with Crippen molar-refractivity contribution in [1.29, 1.82) is 5.26 Å². The Hall–Kier alpha value is -1.82. The van der Waals surface area contributed by atoms with E-state index in [0.29, 0.717) is 25.0 Å². The number of ether oxygens (including phenoxy) is 1. The highest BCUT2D eigenvalue weighted by molar-refractivity contribution is 5.72. The van der Waals surface area contributed by atoms with Gasteiger partial charge in [0.2, 0.25) is 0 Å². The number of hydrogen-bond acceptors (Lipinski definition) is 3. The number of para-hydroxylation sites is 1. The maximum atomic E-state index is 11.2. The highest BCUT2D eigenvalue weighted by atomic mass is 16.5. The third-order valence-corrected chi connectivity index (χ3v) is 1.64. The molecule has 72 valence electrons. The number of unbranched alkanes of at least 4 members (excludes halogenated alkanes) is 1. The SMILES string of the molecule is N#CCCCC(=O)Oc1ccccc1. The molecular formula is C11H11NO2. The summed E-state index contributed by atoms with van der Waals surface area (Å²) in [5, 5.41) is 8.27. The molecule has 1 aromatic carbocycles. The average Bonchev–Trinajstić information content (AvgIpc) is 2.20. The summed E-state index contributed by atoms with van der Waals surface area (Å²) in [6, 6.07) is 10.9. The van der Waals surface area contributed by atoms with E-state index in [1.54, 1.807) is 24.3 Å². The summed E-state index contributed by atoms with van der Waals surface area (Å²) < 4.78 is 5.01. The molecule has 0 fully saturated rings. The van der Waals surface area contributed by atoms with Crippen molar-refractivity contribution in [3.05, 3.63) is 30.3 Å². The van der Waals surface area contributed by atoms with Crippen LogP contribution in [0, 0.1) is 11.3 Å². The number of hydrogen-bond donors (Lipinski definition) is 0. The number of nitrogens with zero attached hydrogens (tertiary/aromatic N) is 1. The lowest BCUT2D eigenvalue weighted by atomic mass is 10.2. The Kier molecular flexibility index (Phi) is 4.22. The van der Waals surface area contributed by atoms with Crippen LogP contribution in [0.1, 0.15) is 19.3 Å². The van der Waals surface area contributed by atoms with Gasteiger partial charge in [-0.2, -0.15) is 5.26 Å². The van der Waals surface area contributed by atoms with E-state index in [9.17, 15) is 4.79 Å². The molecule has 14 heavy (non-hydrogen) atoms. The molecule has 0 aliphatic rings. The van der Waals surface area contributed by atoms with Gasteiger partial charge < -0.3 is 4.74 Å². The fourth-order valence-electron chi connectivity index (χ4n) is 0.983. The van der Waals surface area contributed by atoms with Crippen molar-refractivity contribution in [2.45, 2.75) is 19.3 Å². The first kappa shape index (κ1) is 10.3. The van der Waals surface area contributed by atoms with E-state index in [2.05, 4.69) is 0 Å². The Bertz CT molecular complexity index is 327. The highest BCUT2D eigenvalue weighted by Crippen LogP contribution is 2.09. The second-order valence-corrected chi connectivity index (χ2v) is 2.80. The second kappa shape index (κ2) is 5.76. The van der Waals surface area contributed by atoms with Gasteiger partial charge in [0.1, 0.15) is 5.75 Å². The molecule has 0 saturated heterocycles. The lowest BCUT2D eigenvalue weighted by Crippen LogP contribution is -2.07. The smallest absolute Gasteiger partial charge is 0.311 e. The van der Waals surface area contributed by atoms with Crippen molar-refractivity contribution >= 4 is 5.97 Å². The van der Waals surface area contributed by atoms with Crippen LogP contribution in [0.3, 0.4) is 0 Å². The zero-order chi connectivity index (χ0) is 10.2. The Labute approximate surface area is 82.9 Å². The van der Waals surface area contributed by atoms with Crippen LogP contribution in [-0.2, 0) is 4.79 Å². The van der Waals surface area contributed by atoms with Crippen molar-refractivity contribution in [3.8, 4) is 11.8 Å². The van der Waals surface area contributed by atoms with Crippen LogP contribution < -0.4 is 4.74 Å². The van der Waals surface area contributed by atoms with Crippen molar-refractivity contribution in [2.24, 2.45) is 0 Å². The first-order valence-corrected chi connectivity index (χ1v) is 4.45. The molecule has 0 amide bonds. The summed E-state index contributed by atoms with van der Waals surface area (Å²) >= 11 is 0. The predicted octanol–water partition coefficient (Wildman–Crippen LogP) is 2.29. The predicted molar refractivity (Wildman–Crippen MR) is 51.5 cm³/mol. The van der Waals surface area contributed by atoms with Gasteiger partial charge in [-0.25, -0.2) is 0 Å². The summed E-state index contributed by atoms with van der Waals surface area (Å²) in [4.78, 5) is 11.2. The number of carbonyl (C=O) groups is 1. The van der Waals surface area contributed by atoms with Crippen LogP contribution in [0.15, 0.2) is 30.3 Å². The standard InChI is InChI=1S/C11H11NO2/c12-9-5-4-8-11(13)14-10-6-2-1-3-7-10/h1-3,6-7H,4-5,8H2. The summed E-state index contributed by atoms with van der Waals surface area (Å²) in [7, 11) is 0. The third kappa shape index (κ3) is 3.72. The van der Waals surface area contributed by atoms with Gasteiger partial charge in [0, 0.05) is 12.8 Å². The van der Waals surface area contributed by atoms with Crippen LogP contribution in [0.5, 0.6) is 5.75 Å². The normalized spacial score (nSPS) is 9.07. The lowest BCUT2D eigenvalue weighted by Gasteiger charge is -2.01. The van der Waals surface area contributed by atoms with Crippen LogP contribution >= 0.6 is 0 Å². The zero-order valence-corrected chi connectivity index (χ0v) is 7.77. The average molecular weight is 189 g/mol. The molecule has 0 N–H and O–H groups in total. The van der Waals surface area contributed by atoms with E-state index in [1.165, 1.54) is 0 Å². The summed E-state index contributed by atoms with van der Waals surface area (Å²) in [5.74, 6) is 0.265. The van der Waals surface area contributed by atoms with E-state index in [4.69, 9.17) is 10.00 Å². The van der Waals surface area contributed by atoms with Crippen LogP contribution in [0.25, 0.3) is 0 Å². The molecule has 3 nitrogen and oxygen atoms in total. The van der Waals surface area contributed by atoms with E-state index in [1.807, 2.05) is 12.1 Å². The minimum Gasteiger partial charge on any atom is -0.427 e. The summed E-state index contributed by atoms with van der Waals surface area (Å²) in [6.45, 7) is 0. The first-order chi connectivity index (χ1) is 6.83. The molecule has 1 rings (SSSR count). The van der Waals surface area contributed by atoms with Gasteiger partial charge in [-0.15, -0.1) is 0 Å². The van der Waals surface area contributed by atoms with Crippen molar-refractivity contribution in [3.63, 3.8) is 0 Å². The van der Waals surface area contributed by atoms with Crippen molar-refractivity contribution in [1.82, 2.24) is 0 Å². The molecule has 0 saturated carbocycles. The van der Waals surface area contributed by atoms with Gasteiger partial charge >= 0.3 is 5.97 Å². The lowest BCUT2D eigenvalue weighted by molar-refractivity contribution is -0.134. The van der Waals surface area contributed by atoms with Gasteiger partial charge in [-0.3, -0.25) is 4.79 Å². The van der Waals surface area contributed by atoms with Crippen LogP contribution in [0.4, 0.5) is 0 Å². The van der Waals surface area contributed by atoms with Gasteiger partial charge in [0.25, 0.3) is 0 Å². The Morgan fingerprint density at radius 3 is 2.71 bits per heavy atom. The molecule has 0 unspecified atom stereocenters. The Morgan fingerprint density at radius 2 is 2.07 bits per heavy atom. The quantitative estimate of drug-likeness (QED) is 0.414. The Balaban J connectivity index is 2.32. The molecule has 0 aliphatic carbocycles. The number of rotatable bonds is 4. The van der Waals surface area contributed by atoms with Crippen molar-refractivity contribution < 1.29 is 9.53 Å². The molecule has 0 heterocycles. The van der Waals surface area contributed by atoms with Crippen LogP contribution in [0.2, 0.25) is 0 Å². The molecule has 0 aliphatic heterocycles. The molecule has 0 aromatic heterocycles. The van der Waals surface area contributed by atoms with Gasteiger partial charge in [-0.1, -0.05) is 18.2 Å². The monoisotopic (exact) mass is 189 g/mol. The molecule has 0 radical (unpaired) electrons. The minimum absolute atomic E-state index is 0.286. The van der Waals surface area contributed by atoms with Gasteiger partial charge in [0.15, 0.2) is 0 Å². The second-order valence-electron chi connectivity index (χ2n) is 2.80. The minimum atomic E-state index is -0.286. The van der Waals surface area contributed by atoms with Gasteiger partial charge in [0.05, 0.1) is 6.07 Å². The van der Waals surface area contributed by atoms with E-state index < -0.39 is 0 Å². The number of benzene rings is 1. The molecule has 1 aromatic rings. The molecular weight excluding hydrogens is 178 g/mol. The Morgan fingerprint density at radius 1 is 1.36 bits per heavy atom. The number of esters is 1.